The van der Waals surface area contributed by atoms with Crippen molar-refractivity contribution in [3.8, 4) is 0 Å². The summed E-state index contributed by atoms with van der Waals surface area (Å²) in [6, 6.07) is 9.34. The van der Waals surface area contributed by atoms with Crippen molar-refractivity contribution in [2.45, 2.75) is 124 Å². The van der Waals surface area contributed by atoms with Crippen LogP contribution < -0.4 is 0 Å². The van der Waals surface area contributed by atoms with Gasteiger partial charge in [-0.25, -0.2) is 0 Å². The Kier molecular flexibility index (Phi) is 1.77. The van der Waals surface area contributed by atoms with Gasteiger partial charge in [-0.1, -0.05) is 0 Å². The molecule has 10 aliphatic rings. The fourth-order valence-electron chi connectivity index (χ4n) is 24.5. The molecule has 12 rings (SSSR count). The Balaban J connectivity index is 1.24. The van der Waals surface area contributed by atoms with Crippen LogP contribution in [-0.2, 0) is 11.7 Å². The molecule has 0 aliphatic carbocycles. The zero-order chi connectivity index (χ0) is 27.4. The Labute approximate surface area is 229 Å². The molecule has 6 atom stereocenters. The predicted octanol–water partition coefficient (Wildman–Crippen LogP) is 10.2. The van der Waals surface area contributed by atoms with E-state index in [4.69, 9.17) is 9.97 Å². The van der Waals surface area contributed by atoms with Crippen molar-refractivity contribution in [2.24, 2.45) is 5.41 Å². The van der Waals surface area contributed by atoms with Crippen LogP contribution in [0.25, 0.3) is 0 Å². The van der Waals surface area contributed by atoms with Crippen LogP contribution in [0.3, 0.4) is 0 Å². The standard InChI is InChI=1S/C29H41N2P2.C5H5.Fe/c1-26(2,3)24-16-21(20-33(27(4,5)6)28(7,8)9)25(17-24)29(32,22-12-10-14-30-18-22)23-13-11-15-31-19-23;1-2-4-5-3-1;/h10-19H,20,32H2,1-9H3;1-5H;. The summed E-state index contributed by atoms with van der Waals surface area (Å²) in [5.41, 5.74) is 3.43. The van der Waals surface area contributed by atoms with Crippen molar-refractivity contribution in [2.75, 3.05) is 6.16 Å². The van der Waals surface area contributed by atoms with Crippen molar-refractivity contribution in [1.82, 2.24) is 9.97 Å². The van der Waals surface area contributed by atoms with E-state index in [1.54, 1.807) is 6.16 Å². The summed E-state index contributed by atoms with van der Waals surface area (Å²) in [4.78, 5) is 18.0. The van der Waals surface area contributed by atoms with Gasteiger partial charge in [-0.15, -0.1) is 0 Å². The molecule has 210 valence electrons. The summed E-state index contributed by atoms with van der Waals surface area (Å²) in [5.74, 6) is 0. The van der Waals surface area contributed by atoms with E-state index in [0.29, 0.717) is 24.4 Å². The first kappa shape index (κ1) is 22.3. The summed E-state index contributed by atoms with van der Waals surface area (Å²) in [6.07, 6.45) is 10.1. The zero-order valence-electron chi connectivity index (χ0n) is 25.1. The third-order valence-electron chi connectivity index (χ3n) is 21.2. The van der Waals surface area contributed by atoms with E-state index < -0.39 is 6.51 Å². The SMILES string of the molecule is CC(C)(C)P(C[C]12[CH]3[C]4(C(C)(C)C)[CH]5[C]1(C(P)(c1cccnc1)c1cccnc1)[Fe]35241678[CH]2[CH]1[CH]6[CH]7[CH]28)C(C)(C)C. The van der Waals surface area contributed by atoms with Crippen molar-refractivity contribution in [3.63, 3.8) is 0 Å². The number of aromatic nitrogens is 2. The topological polar surface area (TPSA) is 25.8 Å². The number of pyridine rings is 2. The number of nitrogens with zero attached hydrogens (tertiary/aromatic N) is 2. The maximum atomic E-state index is 4.81. The van der Waals surface area contributed by atoms with E-state index in [0.717, 1.165) is 9.13 Å². The molecule has 0 N–H and O–H groups in total. The Hall–Kier alpha value is -0.321. The fourth-order valence-corrected chi connectivity index (χ4v) is 117. The van der Waals surface area contributed by atoms with Crippen LogP contribution in [0, 0.1) is 5.41 Å². The van der Waals surface area contributed by atoms with E-state index in [-0.39, 0.29) is 13.1 Å². The van der Waals surface area contributed by atoms with Crippen LogP contribution in [0.4, 0.5) is 0 Å². The van der Waals surface area contributed by atoms with E-state index in [1.807, 2.05) is 12.4 Å². The number of hydrogen-bond donors (Lipinski definition) is 0. The molecule has 6 unspecified atom stereocenters. The minimum atomic E-state index is -4.18. The third-order valence-corrected chi connectivity index (χ3v) is 71.4. The average molecular weight is 601 g/mol. The molecule has 12 heterocycles. The summed E-state index contributed by atoms with van der Waals surface area (Å²) >= 11 is 0. The summed E-state index contributed by atoms with van der Waals surface area (Å²) < 4.78 is 1.99. The maximum absolute atomic E-state index is 4.81. The van der Waals surface area contributed by atoms with Gasteiger partial charge in [0.15, 0.2) is 0 Å². The van der Waals surface area contributed by atoms with E-state index in [1.165, 1.54) is 40.0 Å². The van der Waals surface area contributed by atoms with Crippen molar-refractivity contribution in [3.05, 3.63) is 60.2 Å². The average Bonchev–Trinajstić information content (AvgIpc) is 3.80. The third kappa shape index (κ3) is 0.524. The van der Waals surface area contributed by atoms with Gasteiger partial charge in [0.1, 0.15) is 0 Å². The first-order chi connectivity index (χ1) is 17.9. The van der Waals surface area contributed by atoms with E-state index in [9.17, 15) is 0 Å². The molecule has 1 spiro atoms. The van der Waals surface area contributed by atoms with Crippen molar-refractivity contribution in [1.29, 1.82) is 0 Å². The summed E-state index contributed by atoms with van der Waals surface area (Å²) in [6.45, 7) is 19.5. The predicted molar refractivity (Wildman–Crippen MR) is 164 cm³/mol. The molecule has 10 saturated heterocycles. The molecule has 10 aliphatic heterocycles. The van der Waals surface area contributed by atoms with Crippen LogP contribution in [0.15, 0.2) is 49.1 Å². The van der Waals surface area contributed by atoms with Gasteiger partial charge in [0.2, 0.25) is 0 Å². The van der Waals surface area contributed by atoms with E-state index >= 15 is 0 Å². The molecule has 39 heavy (non-hydrogen) atoms. The zero-order valence-corrected chi connectivity index (χ0v) is 28.3. The van der Waals surface area contributed by atoms with Crippen LogP contribution in [0.2, 0.25) is 46.7 Å². The van der Waals surface area contributed by atoms with Gasteiger partial charge in [0, 0.05) is 0 Å². The molecular weight excluding hydrogens is 554 g/mol. The molecule has 2 nitrogen and oxygen atoms in total. The molecule has 0 aromatic carbocycles. The quantitative estimate of drug-likeness (QED) is 0.252. The molecular formula is C34H46FeN2P2. The van der Waals surface area contributed by atoms with Crippen LogP contribution in [0.5, 0.6) is 0 Å². The molecule has 0 bridgehead atoms. The Morgan fingerprint density at radius 3 is 1.56 bits per heavy atom. The van der Waals surface area contributed by atoms with Crippen LogP contribution >= 0.6 is 17.2 Å². The van der Waals surface area contributed by atoms with Gasteiger partial charge in [-0.05, 0) is 0 Å². The Bertz CT molecular complexity index is 1910. The van der Waals surface area contributed by atoms with Crippen LogP contribution in [0.1, 0.15) is 73.4 Å². The van der Waals surface area contributed by atoms with Gasteiger partial charge in [-0.3, -0.25) is 0 Å². The molecule has 0 radical (unpaired) electrons. The molecule has 0 saturated carbocycles. The second kappa shape index (κ2) is 3.11. The monoisotopic (exact) mass is 600 g/mol. The molecule has 2 aromatic rings. The first-order valence-corrected chi connectivity index (χ1v) is 23.7. The van der Waals surface area contributed by atoms with Gasteiger partial charge in [0.25, 0.3) is 0 Å². The normalized spacial score (nSPS) is 64.3. The van der Waals surface area contributed by atoms with Crippen molar-refractivity contribution >= 4 is 17.2 Å². The fraction of sp³-hybridized carbons (Fsp3) is 0.706. The number of hydrogen-bond acceptors (Lipinski definition) is 2. The van der Waals surface area contributed by atoms with Gasteiger partial charge < -0.3 is 0 Å². The van der Waals surface area contributed by atoms with Crippen LogP contribution in [-0.4, -0.2) is 26.4 Å². The van der Waals surface area contributed by atoms with Crippen molar-refractivity contribution < 1.29 is 6.51 Å². The second-order valence-electron chi connectivity index (χ2n) is 20.5. The Morgan fingerprint density at radius 1 is 0.769 bits per heavy atom. The van der Waals surface area contributed by atoms with Gasteiger partial charge >= 0.3 is 230 Å². The Morgan fingerprint density at radius 2 is 1.23 bits per heavy atom. The molecule has 0 amide bonds. The van der Waals surface area contributed by atoms with Gasteiger partial charge in [-0.2, -0.15) is 0 Å². The summed E-state index contributed by atoms with van der Waals surface area (Å²) in [7, 11) is 3.55. The molecule has 2 aromatic heterocycles. The first-order valence-electron chi connectivity index (χ1n) is 15.5. The number of rotatable bonds is 5. The van der Waals surface area contributed by atoms with Gasteiger partial charge in [0.05, 0.1) is 0 Å². The second-order valence-corrected chi connectivity index (χ2v) is 48.2. The molecule has 5 heteroatoms. The molecule has 10 fully saturated rings. The summed E-state index contributed by atoms with van der Waals surface area (Å²) in [5, 5.41) is 0.739. The minimum absolute atomic E-state index is 0.0329. The number of fused-ring (bicyclic) bond motifs is 10. The van der Waals surface area contributed by atoms with E-state index in [2.05, 4.69) is 108 Å².